The molecule has 114 valence electrons. The smallest absolute Gasteiger partial charge is 0.271 e. The summed E-state index contributed by atoms with van der Waals surface area (Å²) in [5, 5.41) is 7.99. The fraction of sp³-hybridized carbons (Fsp3) is 0.750. The first kappa shape index (κ1) is 13.6. The summed E-state index contributed by atoms with van der Waals surface area (Å²) in [6, 6.07) is 0. The van der Waals surface area contributed by atoms with Gasteiger partial charge in [0.15, 0.2) is 0 Å². The van der Waals surface area contributed by atoms with Crippen molar-refractivity contribution in [1.29, 1.82) is 0 Å². The average molecular weight is 308 g/mol. The molecule has 0 spiro atoms. The Labute approximate surface area is 130 Å². The minimum Gasteiger partial charge on any atom is -0.345 e. The average Bonchev–Trinajstić information content (AvgIpc) is 2.77. The number of hydrogen-bond acceptors (Lipinski definition) is 2. The third-order valence-corrected chi connectivity index (χ3v) is 6.00. The van der Waals surface area contributed by atoms with Crippen LogP contribution in [0.1, 0.15) is 55.9 Å². The van der Waals surface area contributed by atoms with E-state index in [-0.39, 0.29) is 11.4 Å². The van der Waals surface area contributed by atoms with Crippen LogP contribution in [0.15, 0.2) is 6.20 Å². The molecule has 4 bridgehead atoms. The maximum Gasteiger partial charge on any atom is 0.271 e. The summed E-state index contributed by atoms with van der Waals surface area (Å²) >= 11 is 6.16. The first-order valence-electron chi connectivity index (χ1n) is 8.12. The van der Waals surface area contributed by atoms with Gasteiger partial charge in [-0.25, -0.2) is 0 Å². The molecule has 4 aliphatic carbocycles. The monoisotopic (exact) mass is 307 g/mol. The van der Waals surface area contributed by atoms with E-state index in [1.54, 1.807) is 10.9 Å². The van der Waals surface area contributed by atoms with Gasteiger partial charge in [0.2, 0.25) is 0 Å². The van der Waals surface area contributed by atoms with Crippen LogP contribution in [0.25, 0.3) is 0 Å². The van der Waals surface area contributed by atoms with Gasteiger partial charge in [-0.05, 0) is 63.2 Å². The zero-order chi connectivity index (χ0) is 14.6. The van der Waals surface area contributed by atoms with Gasteiger partial charge in [-0.1, -0.05) is 11.6 Å². The molecule has 1 aromatic heterocycles. The topological polar surface area (TPSA) is 46.9 Å². The van der Waals surface area contributed by atoms with Crippen molar-refractivity contribution in [3.8, 4) is 0 Å². The Morgan fingerprint density at radius 2 is 1.90 bits per heavy atom. The highest BCUT2D eigenvalue weighted by Crippen LogP contribution is 2.55. The number of hydrogen-bond donors (Lipinski definition) is 1. The predicted octanol–water partition coefficient (Wildman–Crippen LogP) is 3.26. The standard InChI is InChI=1S/C16H22ClN3O/c1-2-20-14(13(17)9-18-20)15(21)19-16-6-10-3-11(7-16)5-12(4-10)8-16/h9-12H,2-8H2,1H3,(H,19,21). The first-order valence-corrected chi connectivity index (χ1v) is 8.50. The highest BCUT2D eigenvalue weighted by Gasteiger charge is 2.51. The van der Waals surface area contributed by atoms with Gasteiger partial charge in [-0.15, -0.1) is 0 Å². The van der Waals surface area contributed by atoms with E-state index >= 15 is 0 Å². The van der Waals surface area contributed by atoms with Crippen LogP contribution in [0.5, 0.6) is 0 Å². The molecular formula is C16H22ClN3O. The minimum absolute atomic E-state index is 0.0258. The first-order chi connectivity index (χ1) is 10.1. The van der Waals surface area contributed by atoms with Crippen molar-refractivity contribution >= 4 is 17.5 Å². The lowest BCUT2D eigenvalue weighted by atomic mass is 9.53. The second-order valence-electron chi connectivity index (χ2n) is 7.31. The number of carbonyl (C=O) groups is 1. The Morgan fingerprint density at radius 3 is 2.43 bits per heavy atom. The van der Waals surface area contributed by atoms with Crippen molar-refractivity contribution in [2.24, 2.45) is 17.8 Å². The molecule has 1 amide bonds. The number of halogens is 1. The molecule has 0 aromatic carbocycles. The zero-order valence-corrected chi connectivity index (χ0v) is 13.2. The molecular weight excluding hydrogens is 286 g/mol. The summed E-state index contributed by atoms with van der Waals surface area (Å²) in [6.45, 7) is 2.64. The number of carbonyl (C=O) groups excluding carboxylic acids is 1. The molecule has 21 heavy (non-hydrogen) atoms. The van der Waals surface area contributed by atoms with Crippen LogP contribution < -0.4 is 5.32 Å². The van der Waals surface area contributed by atoms with Crippen LogP contribution in [-0.4, -0.2) is 21.2 Å². The van der Waals surface area contributed by atoms with E-state index in [0.717, 1.165) is 37.0 Å². The summed E-state index contributed by atoms with van der Waals surface area (Å²) in [4.78, 5) is 12.7. The Balaban J connectivity index is 1.58. The number of rotatable bonds is 3. The van der Waals surface area contributed by atoms with Crippen molar-refractivity contribution in [3.63, 3.8) is 0 Å². The van der Waals surface area contributed by atoms with Gasteiger partial charge in [0.05, 0.1) is 11.2 Å². The van der Waals surface area contributed by atoms with Crippen molar-refractivity contribution < 1.29 is 4.79 Å². The third kappa shape index (κ3) is 2.19. The summed E-state index contributed by atoms with van der Waals surface area (Å²) in [7, 11) is 0. The molecule has 0 radical (unpaired) electrons. The van der Waals surface area contributed by atoms with Crippen LogP contribution in [0, 0.1) is 17.8 Å². The Bertz CT molecular complexity index is 545. The van der Waals surface area contributed by atoms with Gasteiger partial charge >= 0.3 is 0 Å². The van der Waals surface area contributed by atoms with E-state index in [4.69, 9.17) is 11.6 Å². The maximum atomic E-state index is 12.7. The second-order valence-corrected chi connectivity index (χ2v) is 7.72. The van der Waals surface area contributed by atoms with E-state index < -0.39 is 0 Å². The van der Waals surface area contributed by atoms with Crippen LogP contribution in [0.3, 0.4) is 0 Å². The van der Waals surface area contributed by atoms with Crippen molar-refractivity contribution in [1.82, 2.24) is 15.1 Å². The highest BCUT2D eigenvalue weighted by atomic mass is 35.5. The van der Waals surface area contributed by atoms with Crippen LogP contribution in [-0.2, 0) is 6.54 Å². The third-order valence-electron chi connectivity index (χ3n) is 5.73. The molecule has 5 heteroatoms. The molecule has 1 N–H and O–H groups in total. The van der Waals surface area contributed by atoms with E-state index in [1.807, 2.05) is 6.92 Å². The Kier molecular flexibility index (Phi) is 3.07. The molecule has 4 fully saturated rings. The van der Waals surface area contributed by atoms with Crippen molar-refractivity contribution in [3.05, 3.63) is 16.9 Å². The SMILES string of the molecule is CCn1ncc(Cl)c1C(=O)NC12CC3CC(CC(C3)C1)C2. The zero-order valence-electron chi connectivity index (χ0n) is 12.4. The fourth-order valence-electron chi connectivity index (χ4n) is 5.39. The van der Waals surface area contributed by atoms with Crippen molar-refractivity contribution in [2.75, 3.05) is 0 Å². The Morgan fingerprint density at radius 1 is 1.33 bits per heavy atom. The number of aryl methyl sites for hydroxylation is 1. The van der Waals surface area contributed by atoms with Gasteiger partial charge in [-0.2, -0.15) is 5.10 Å². The molecule has 4 aliphatic rings. The molecule has 5 rings (SSSR count). The van der Waals surface area contributed by atoms with Crippen molar-refractivity contribution in [2.45, 2.75) is 57.5 Å². The van der Waals surface area contributed by atoms with E-state index in [9.17, 15) is 4.79 Å². The summed E-state index contributed by atoms with van der Waals surface area (Å²) in [5.41, 5.74) is 0.549. The van der Waals surface area contributed by atoms with Gasteiger partial charge in [0, 0.05) is 12.1 Å². The largest absolute Gasteiger partial charge is 0.345 e. The van der Waals surface area contributed by atoms with Gasteiger partial charge in [0.25, 0.3) is 5.91 Å². The van der Waals surface area contributed by atoms with Crippen LogP contribution in [0.4, 0.5) is 0 Å². The lowest BCUT2D eigenvalue weighted by Crippen LogP contribution is -2.60. The normalized spacial score (nSPS) is 37.0. The summed E-state index contributed by atoms with van der Waals surface area (Å²) < 4.78 is 1.69. The number of nitrogens with zero attached hydrogens (tertiary/aromatic N) is 2. The minimum atomic E-state index is -0.0405. The summed E-state index contributed by atoms with van der Waals surface area (Å²) in [6.07, 6.45) is 9.17. The number of amides is 1. The lowest BCUT2D eigenvalue weighted by molar-refractivity contribution is -0.0168. The van der Waals surface area contributed by atoms with Gasteiger partial charge in [-0.3, -0.25) is 9.48 Å². The number of aromatic nitrogens is 2. The molecule has 0 saturated heterocycles. The lowest BCUT2D eigenvalue weighted by Gasteiger charge is -2.56. The molecule has 4 saturated carbocycles. The van der Waals surface area contributed by atoms with Crippen LogP contribution >= 0.6 is 11.6 Å². The summed E-state index contributed by atoms with van der Waals surface area (Å²) in [5.74, 6) is 2.43. The molecule has 0 unspecified atom stereocenters. The highest BCUT2D eigenvalue weighted by molar-refractivity contribution is 6.33. The maximum absolute atomic E-state index is 12.7. The molecule has 1 aromatic rings. The van der Waals surface area contributed by atoms with E-state index in [2.05, 4.69) is 10.4 Å². The number of nitrogens with one attached hydrogen (secondary N) is 1. The van der Waals surface area contributed by atoms with Crippen LogP contribution in [0.2, 0.25) is 5.02 Å². The van der Waals surface area contributed by atoms with Gasteiger partial charge in [0.1, 0.15) is 5.69 Å². The molecule has 1 heterocycles. The molecule has 4 nitrogen and oxygen atoms in total. The Hall–Kier alpha value is -1.03. The fourth-order valence-corrected chi connectivity index (χ4v) is 5.62. The van der Waals surface area contributed by atoms with E-state index in [1.165, 1.54) is 19.3 Å². The van der Waals surface area contributed by atoms with Gasteiger partial charge < -0.3 is 5.32 Å². The second kappa shape index (κ2) is 4.73. The van der Waals surface area contributed by atoms with E-state index in [0.29, 0.717) is 17.3 Å². The quantitative estimate of drug-likeness (QED) is 0.931. The molecule has 0 atom stereocenters. The predicted molar refractivity (Wildman–Crippen MR) is 81.3 cm³/mol. The molecule has 0 aliphatic heterocycles.